The zero-order chi connectivity index (χ0) is 16.9. The summed E-state index contributed by atoms with van der Waals surface area (Å²) in [5, 5.41) is 3.07. The molecule has 0 spiro atoms. The van der Waals surface area contributed by atoms with Gasteiger partial charge >= 0.3 is 0 Å². The van der Waals surface area contributed by atoms with Crippen LogP contribution < -0.4 is 11.1 Å². The molecule has 1 aliphatic rings. The van der Waals surface area contributed by atoms with E-state index in [0.717, 1.165) is 31.4 Å². The van der Waals surface area contributed by atoms with Crippen LogP contribution in [0.25, 0.3) is 0 Å². The Morgan fingerprint density at radius 1 is 1.43 bits per heavy atom. The molecule has 3 N–H and O–H groups in total. The quantitative estimate of drug-likeness (QED) is 0.633. The van der Waals surface area contributed by atoms with Gasteiger partial charge in [0.15, 0.2) is 5.96 Å². The van der Waals surface area contributed by atoms with Gasteiger partial charge in [-0.3, -0.25) is 4.99 Å². The molecule has 128 valence electrons. The molecular weight excluding hydrogens is 312 g/mol. The number of nitrogens with one attached hydrogen (secondary N) is 1. The summed E-state index contributed by atoms with van der Waals surface area (Å²) >= 11 is 0. The summed E-state index contributed by atoms with van der Waals surface area (Å²) in [7, 11) is -3.19. The summed E-state index contributed by atoms with van der Waals surface area (Å²) in [4.78, 5) is 4.34. The molecule has 1 fully saturated rings. The predicted molar refractivity (Wildman–Crippen MR) is 95.1 cm³/mol. The number of guanidine groups is 1. The molecule has 0 saturated carbocycles. The Bertz CT molecular complexity index is 658. The Morgan fingerprint density at radius 3 is 2.91 bits per heavy atom. The third-order valence-corrected chi connectivity index (χ3v) is 5.41. The lowest BCUT2D eigenvalue weighted by Crippen LogP contribution is -2.45. The largest absolute Gasteiger partial charge is 0.370 e. The molecule has 1 heterocycles. The van der Waals surface area contributed by atoms with Crippen LogP contribution in [0.4, 0.5) is 5.69 Å². The van der Waals surface area contributed by atoms with Crippen molar-refractivity contribution in [2.45, 2.75) is 38.6 Å². The fourth-order valence-corrected chi connectivity index (χ4v) is 4.03. The third-order valence-electron chi connectivity index (χ3n) is 4.08. The highest BCUT2D eigenvalue weighted by atomic mass is 32.2. The number of aliphatic imine (C=N–C) groups is 1. The fourth-order valence-electron chi connectivity index (χ4n) is 2.85. The first kappa shape index (κ1) is 17.7. The molecule has 7 heteroatoms. The van der Waals surface area contributed by atoms with Crippen molar-refractivity contribution >= 4 is 21.7 Å². The third kappa shape index (κ3) is 5.21. The number of nitrogens with two attached hydrogens (primary N) is 1. The van der Waals surface area contributed by atoms with Crippen molar-refractivity contribution < 1.29 is 8.42 Å². The van der Waals surface area contributed by atoms with Crippen molar-refractivity contribution in [3.63, 3.8) is 0 Å². The molecule has 0 aromatic heterocycles. The van der Waals surface area contributed by atoms with Gasteiger partial charge in [0.25, 0.3) is 0 Å². The van der Waals surface area contributed by atoms with Crippen molar-refractivity contribution in [2.24, 2.45) is 10.7 Å². The number of hydrogen-bond acceptors (Lipinski definition) is 3. The number of benzene rings is 1. The zero-order valence-corrected chi connectivity index (χ0v) is 14.6. The molecule has 23 heavy (non-hydrogen) atoms. The van der Waals surface area contributed by atoms with E-state index in [1.54, 1.807) is 4.31 Å². The molecule has 1 unspecified atom stereocenters. The second-order valence-corrected chi connectivity index (χ2v) is 7.86. The lowest BCUT2D eigenvalue weighted by molar-refractivity contribution is 0.259. The maximum atomic E-state index is 11.8. The monoisotopic (exact) mass is 338 g/mol. The molecule has 0 bridgehead atoms. The first-order chi connectivity index (χ1) is 10.9. The molecule has 1 aromatic rings. The fraction of sp³-hybridized carbons (Fsp3) is 0.562. The number of hydrogen-bond donors (Lipinski definition) is 2. The van der Waals surface area contributed by atoms with E-state index in [0.29, 0.717) is 19.0 Å². The Morgan fingerprint density at radius 2 is 2.22 bits per heavy atom. The van der Waals surface area contributed by atoms with Gasteiger partial charge in [-0.25, -0.2) is 8.42 Å². The second-order valence-electron chi connectivity index (χ2n) is 5.93. The van der Waals surface area contributed by atoms with Gasteiger partial charge in [0.2, 0.25) is 10.0 Å². The lowest BCUT2D eigenvalue weighted by Gasteiger charge is -2.32. The summed E-state index contributed by atoms with van der Waals surface area (Å²) in [5.74, 6) is 0.317. The smallest absolute Gasteiger partial charge is 0.211 e. The Labute approximate surface area is 138 Å². The molecule has 2 rings (SSSR count). The van der Waals surface area contributed by atoms with Gasteiger partial charge in [0.05, 0.1) is 12.8 Å². The Hall–Kier alpha value is -1.60. The molecule has 1 atom stereocenters. The minimum Gasteiger partial charge on any atom is -0.370 e. The van der Waals surface area contributed by atoms with Crippen LogP contribution in [0.1, 0.15) is 31.7 Å². The summed E-state index contributed by atoms with van der Waals surface area (Å²) < 4.78 is 25.2. The number of sulfonamides is 1. The van der Waals surface area contributed by atoms with Crippen molar-refractivity contribution in [1.29, 1.82) is 0 Å². The van der Waals surface area contributed by atoms with Crippen molar-refractivity contribution in [3.05, 3.63) is 29.8 Å². The van der Waals surface area contributed by atoms with Gasteiger partial charge in [0, 0.05) is 18.3 Å². The zero-order valence-electron chi connectivity index (χ0n) is 13.8. The van der Waals surface area contributed by atoms with Crippen LogP contribution in [0.15, 0.2) is 29.3 Å². The molecule has 0 aliphatic carbocycles. The Balaban J connectivity index is 2.00. The highest BCUT2D eigenvalue weighted by molar-refractivity contribution is 7.88. The summed E-state index contributed by atoms with van der Waals surface area (Å²) in [6, 6.07) is 7.91. The lowest BCUT2D eigenvalue weighted by atomic mass is 10.1. The van der Waals surface area contributed by atoms with E-state index < -0.39 is 10.0 Å². The van der Waals surface area contributed by atoms with E-state index in [4.69, 9.17) is 5.73 Å². The summed E-state index contributed by atoms with van der Waals surface area (Å²) in [6.45, 7) is 3.06. The van der Waals surface area contributed by atoms with Crippen LogP contribution >= 0.6 is 0 Å². The average molecular weight is 338 g/mol. The minimum absolute atomic E-state index is 0.0962. The molecule has 1 aliphatic heterocycles. The molecule has 6 nitrogen and oxygen atoms in total. The van der Waals surface area contributed by atoms with Crippen LogP contribution in [0, 0.1) is 0 Å². The number of nitrogens with zero attached hydrogens (tertiary/aromatic N) is 2. The van der Waals surface area contributed by atoms with E-state index in [1.807, 2.05) is 18.2 Å². The highest BCUT2D eigenvalue weighted by Gasteiger charge is 2.28. The standard InChI is InChI=1S/C16H26N4O2S/c1-3-13-7-6-8-14(11-13)19-16(17)18-12-15-9-4-5-10-20(15)23(2,21)22/h6-8,11,15H,3-5,9-10,12H2,1-2H3,(H3,17,18,19). The number of piperidine rings is 1. The maximum Gasteiger partial charge on any atom is 0.211 e. The predicted octanol–water partition coefficient (Wildman–Crippen LogP) is 1.79. The molecule has 1 aromatic carbocycles. The van der Waals surface area contributed by atoms with E-state index >= 15 is 0 Å². The normalized spacial score (nSPS) is 20.4. The topological polar surface area (TPSA) is 87.8 Å². The second kappa shape index (κ2) is 7.79. The van der Waals surface area contributed by atoms with Crippen LogP contribution in [0.5, 0.6) is 0 Å². The van der Waals surface area contributed by atoms with Gasteiger partial charge in [-0.1, -0.05) is 25.5 Å². The SMILES string of the molecule is CCc1cccc(NC(N)=NCC2CCCCN2S(C)(=O)=O)c1. The summed E-state index contributed by atoms with van der Waals surface area (Å²) in [5.41, 5.74) is 8.06. The number of rotatable bonds is 5. The van der Waals surface area contributed by atoms with Gasteiger partial charge in [-0.15, -0.1) is 0 Å². The van der Waals surface area contributed by atoms with E-state index in [2.05, 4.69) is 23.3 Å². The molecule has 0 amide bonds. The van der Waals surface area contributed by atoms with Crippen molar-refractivity contribution in [2.75, 3.05) is 24.7 Å². The van der Waals surface area contributed by atoms with Crippen LogP contribution in [0.3, 0.4) is 0 Å². The molecular formula is C16H26N4O2S. The summed E-state index contributed by atoms with van der Waals surface area (Å²) in [6.07, 6.45) is 4.98. The van der Waals surface area contributed by atoms with E-state index in [-0.39, 0.29) is 6.04 Å². The van der Waals surface area contributed by atoms with Crippen LogP contribution in [-0.2, 0) is 16.4 Å². The highest BCUT2D eigenvalue weighted by Crippen LogP contribution is 2.20. The first-order valence-corrected chi connectivity index (χ1v) is 9.87. The van der Waals surface area contributed by atoms with Crippen LogP contribution in [-0.4, -0.2) is 44.1 Å². The van der Waals surface area contributed by atoms with Gasteiger partial charge in [-0.2, -0.15) is 4.31 Å². The Kier molecular flexibility index (Phi) is 6.01. The molecule has 1 saturated heterocycles. The van der Waals surface area contributed by atoms with Gasteiger partial charge in [0.1, 0.15) is 0 Å². The number of anilines is 1. The van der Waals surface area contributed by atoms with Crippen molar-refractivity contribution in [3.8, 4) is 0 Å². The van der Waals surface area contributed by atoms with Gasteiger partial charge in [-0.05, 0) is 37.0 Å². The van der Waals surface area contributed by atoms with Crippen molar-refractivity contribution in [1.82, 2.24) is 4.31 Å². The van der Waals surface area contributed by atoms with Crippen LogP contribution in [0.2, 0.25) is 0 Å². The average Bonchev–Trinajstić information content (AvgIpc) is 2.52. The first-order valence-electron chi connectivity index (χ1n) is 8.03. The number of aryl methyl sites for hydroxylation is 1. The van der Waals surface area contributed by atoms with E-state index in [9.17, 15) is 8.42 Å². The molecule has 0 radical (unpaired) electrons. The van der Waals surface area contributed by atoms with E-state index in [1.165, 1.54) is 11.8 Å². The minimum atomic E-state index is -3.19. The van der Waals surface area contributed by atoms with Gasteiger partial charge < -0.3 is 11.1 Å². The maximum absolute atomic E-state index is 11.8.